The maximum atomic E-state index is 12.0. The van der Waals surface area contributed by atoms with Crippen LogP contribution in [-0.4, -0.2) is 75.1 Å². The number of piperazine rings is 1. The lowest BCUT2D eigenvalue weighted by molar-refractivity contribution is -0.123. The van der Waals surface area contributed by atoms with Gasteiger partial charge in [-0.25, -0.2) is 0 Å². The van der Waals surface area contributed by atoms with Crippen LogP contribution in [-0.2, 0) is 4.79 Å². The Morgan fingerprint density at radius 1 is 1.33 bits per heavy atom. The fourth-order valence-corrected chi connectivity index (χ4v) is 2.14. The van der Waals surface area contributed by atoms with Gasteiger partial charge in [-0.2, -0.15) is 0 Å². The molecule has 0 aromatic rings. The Morgan fingerprint density at radius 3 is 2.44 bits per heavy atom. The van der Waals surface area contributed by atoms with Crippen LogP contribution in [0.4, 0.5) is 0 Å². The van der Waals surface area contributed by atoms with E-state index in [1.54, 1.807) is 0 Å². The number of hydrogen-bond donors (Lipinski definition) is 2. The molecular weight excluding hydrogens is 228 g/mol. The Labute approximate surface area is 111 Å². The molecule has 1 amide bonds. The molecule has 1 saturated heterocycles. The zero-order chi connectivity index (χ0) is 13.5. The molecule has 106 valence electrons. The van der Waals surface area contributed by atoms with Gasteiger partial charge < -0.3 is 15.5 Å². The standard InChI is InChI=1S/C13H28N4O/c1-11(2)12(9-16(3)4)15-13(18)10-17-7-5-14-6-8-17/h11-12,14H,5-10H2,1-4H3,(H,15,18). The highest BCUT2D eigenvalue weighted by Crippen LogP contribution is 2.03. The third-order valence-corrected chi connectivity index (χ3v) is 3.29. The van der Waals surface area contributed by atoms with Crippen LogP contribution < -0.4 is 10.6 Å². The van der Waals surface area contributed by atoms with Gasteiger partial charge in [-0.05, 0) is 20.0 Å². The molecule has 5 heteroatoms. The summed E-state index contributed by atoms with van der Waals surface area (Å²) in [5.74, 6) is 0.608. The molecule has 1 rings (SSSR count). The van der Waals surface area contributed by atoms with E-state index in [0.717, 1.165) is 32.7 Å². The van der Waals surface area contributed by atoms with Crippen LogP contribution in [0.3, 0.4) is 0 Å². The van der Waals surface area contributed by atoms with Crippen molar-refractivity contribution in [3.63, 3.8) is 0 Å². The van der Waals surface area contributed by atoms with Crippen molar-refractivity contribution in [1.82, 2.24) is 20.4 Å². The van der Waals surface area contributed by atoms with E-state index >= 15 is 0 Å². The highest BCUT2D eigenvalue weighted by atomic mass is 16.2. The van der Waals surface area contributed by atoms with Gasteiger partial charge in [0.25, 0.3) is 0 Å². The highest BCUT2D eigenvalue weighted by molar-refractivity contribution is 5.78. The summed E-state index contributed by atoms with van der Waals surface area (Å²) in [6.45, 7) is 9.62. The number of nitrogens with zero attached hydrogens (tertiary/aromatic N) is 2. The van der Waals surface area contributed by atoms with Crippen molar-refractivity contribution in [2.24, 2.45) is 5.92 Å². The molecule has 1 heterocycles. The first-order chi connectivity index (χ1) is 8.49. The van der Waals surface area contributed by atoms with Crippen molar-refractivity contribution in [3.05, 3.63) is 0 Å². The van der Waals surface area contributed by atoms with Crippen LogP contribution in [0.5, 0.6) is 0 Å². The van der Waals surface area contributed by atoms with Crippen molar-refractivity contribution in [2.45, 2.75) is 19.9 Å². The number of amides is 1. The van der Waals surface area contributed by atoms with Crippen LogP contribution in [0, 0.1) is 5.92 Å². The topological polar surface area (TPSA) is 47.6 Å². The molecule has 0 aromatic heterocycles. The summed E-state index contributed by atoms with van der Waals surface area (Å²) >= 11 is 0. The number of likely N-dealkylation sites (N-methyl/N-ethyl adjacent to an activating group) is 1. The van der Waals surface area contributed by atoms with Crippen LogP contribution in [0.1, 0.15) is 13.8 Å². The first-order valence-electron chi connectivity index (χ1n) is 6.86. The Morgan fingerprint density at radius 2 is 1.94 bits per heavy atom. The molecule has 18 heavy (non-hydrogen) atoms. The van der Waals surface area contributed by atoms with Crippen molar-refractivity contribution >= 4 is 5.91 Å². The predicted octanol–water partition coefficient (Wildman–Crippen LogP) is -0.406. The summed E-state index contributed by atoms with van der Waals surface area (Å²) < 4.78 is 0. The molecule has 0 aromatic carbocycles. The van der Waals surface area contributed by atoms with Crippen LogP contribution in [0.2, 0.25) is 0 Å². The second-order valence-corrected chi connectivity index (χ2v) is 5.71. The Hall–Kier alpha value is -0.650. The second kappa shape index (κ2) is 7.71. The normalized spacial score (nSPS) is 19.2. The third-order valence-electron chi connectivity index (χ3n) is 3.29. The van der Waals surface area contributed by atoms with E-state index in [0.29, 0.717) is 12.5 Å². The molecular formula is C13H28N4O. The highest BCUT2D eigenvalue weighted by Gasteiger charge is 2.19. The summed E-state index contributed by atoms with van der Waals surface area (Å²) in [4.78, 5) is 16.3. The maximum Gasteiger partial charge on any atom is 0.234 e. The smallest absolute Gasteiger partial charge is 0.234 e. The molecule has 0 spiro atoms. The van der Waals surface area contributed by atoms with Crippen molar-refractivity contribution in [3.8, 4) is 0 Å². The van der Waals surface area contributed by atoms with E-state index in [4.69, 9.17) is 0 Å². The van der Waals surface area contributed by atoms with Gasteiger partial charge in [0.15, 0.2) is 0 Å². The summed E-state index contributed by atoms with van der Waals surface area (Å²) in [5.41, 5.74) is 0. The lowest BCUT2D eigenvalue weighted by atomic mass is 10.0. The maximum absolute atomic E-state index is 12.0. The van der Waals surface area contributed by atoms with Gasteiger partial charge in [-0.1, -0.05) is 13.8 Å². The van der Waals surface area contributed by atoms with E-state index in [1.165, 1.54) is 0 Å². The average Bonchev–Trinajstić information content (AvgIpc) is 2.28. The molecule has 5 nitrogen and oxygen atoms in total. The minimum absolute atomic E-state index is 0.150. The van der Waals surface area contributed by atoms with E-state index in [2.05, 4.69) is 34.3 Å². The van der Waals surface area contributed by atoms with Gasteiger partial charge in [0.1, 0.15) is 0 Å². The summed E-state index contributed by atoms with van der Waals surface area (Å²) in [6.07, 6.45) is 0. The predicted molar refractivity (Wildman–Crippen MR) is 74.6 cm³/mol. The SMILES string of the molecule is CC(C)C(CN(C)C)NC(=O)CN1CCNCC1. The zero-order valence-electron chi connectivity index (χ0n) is 12.2. The van der Waals surface area contributed by atoms with E-state index in [9.17, 15) is 4.79 Å². The lowest BCUT2D eigenvalue weighted by Crippen LogP contribution is -2.51. The summed E-state index contributed by atoms with van der Waals surface area (Å²) in [5, 5.41) is 6.45. The monoisotopic (exact) mass is 256 g/mol. The largest absolute Gasteiger partial charge is 0.351 e. The molecule has 1 atom stereocenters. The minimum Gasteiger partial charge on any atom is -0.351 e. The molecule has 0 radical (unpaired) electrons. The third kappa shape index (κ3) is 5.80. The number of carbonyl (C=O) groups excluding carboxylic acids is 1. The van der Waals surface area contributed by atoms with Gasteiger partial charge in [-0.15, -0.1) is 0 Å². The Balaban J connectivity index is 2.35. The fraction of sp³-hybridized carbons (Fsp3) is 0.923. The molecule has 1 aliphatic rings. The van der Waals surface area contributed by atoms with E-state index < -0.39 is 0 Å². The van der Waals surface area contributed by atoms with Crippen LogP contribution in [0.15, 0.2) is 0 Å². The molecule has 0 bridgehead atoms. The number of rotatable bonds is 6. The lowest BCUT2D eigenvalue weighted by Gasteiger charge is -2.29. The molecule has 1 unspecified atom stereocenters. The van der Waals surface area contributed by atoms with Crippen molar-refractivity contribution < 1.29 is 4.79 Å². The first kappa shape index (κ1) is 15.4. The van der Waals surface area contributed by atoms with Gasteiger partial charge in [-0.3, -0.25) is 9.69 Å². The van der Waals surface area contributed by atoms with E-state index in [-0.39, 0.29) is 11.9 Å². The van der Waals surface area contributed by atoms with Crippen molar-refractivity contribution in [1.29, 1.82) is 0 Å². The Bertz CT molecular complexity index is 249. The molecule has 2 N–H and O–H groups in total. The van der Waals surface area contributed by atoms with Gasteiger partial charge in [0.2, 0.25) is 5.91 Å². The van der Waals surface area contributed by atoms with Crippen LogP contribution in [0.25, 0.3) is 0 Å². The number of hydrogen-bond acceptors (Lipinski definition) is 4. The van der Waals surface area contributed by atoms with Crippen molar-refractivity contribution in [2.75, 3.05) is 53.4 Å². The van der Waals surface area contributed by atoms with E-state index in [1.807, 2.05) is 14.1 Å². The van der Waals surface area contributed by atoms with Crippen LogP contribution >= 0.6 is 0 Å². The zero-order valence-corrected chi connectivity index (χ0v) is 12.2. The minimum atomic E-state index is 0.150. The molecule has 0 saturated carbocycles. The van der Waals surface area contributed by atoms with Gasteiger partial charge in [0.05, 0.1) is 6.54 Å². The molecule has 1 fully saturated rings. The fourth-order valence-electron chi connectivity index (χ4n) is 2.14. The van der Waals surface area contributed by atoms with Gasteiger partial charge >= 0.3 is 0 Å². The number of nitrogens with one attached hydrogen (secondary N) is 2. The Kier molecular flexibility index (Phi) is 6.60. The average molecular weight is 256 g/mol. The molecule has 0 aliphatic carbocycles. The summed E-state index contributed by atoms with van der Waals surface area (Å²) in [6, 6.07) is 0.232. The quantitative estimate of drug-likeness (QED) is 0.678. The second-order valence-electron chi connectivity index (χ2n) is 5.71. The first-order valence-corrected chi connectivity index (χ1v) is 6.86. The molecule has 1 aliphatic heterocycles. The van der Waals surface area contributed by atoms with Gasteiger partial charge in [0, 0.05) is 38.8 Å². The number of carbonyl (C=O) groups is 1. The summed E-state index contributed by atoms with van der Waals surface area (Å²) in [7, 11) is 4.08.